The highest BCUT2D eigenvalue weighted by molar-refractivity contribution is 5.83. The summed E-state index contributed by atoms with van der Waals surface area (Å²) >= 11 is 0. The van der Waals surface area contributed by atoms with Crippen LogP contribution in [0.15, 0.2) is 0 Å². The third kappa shape index (κ3) is 2.06. The van der Waals surface area contributed by atoms with Crippen LogP contribution in [-0.4, -0.2) is 17.5 Å². The van der Waals surface area contributed by atoms with Gasteiger partial charge >= 0.3 is 0 Å². The molecule has 4 aliphatic rings. The third-order valence-corrected chi connectivity index (χ3v) is 9.14. The number of ketones is 1. The lowest BCUT2D eigenvalue weighted by atomic mass is 9.44. The quantitative estimate of drug-likeness (QED) is 0.808. The number of fused-ring (bicyclic) bond motifs is 5. The van der Waals surface area contributed by atoms with Gasteiger partial charge in [-0.25, -0.2) is 0 Å². The van der Waals surface area contributed by atoms with E-state index in [-0.39, 0.29) is 17.9 Å². The zero-order valence-corrected chi connectivity index (χ0v) is 15.0. The fraction of sp³-hybridized carbons (Fsp3) is 0.952. The molecular formula is C21H34O2. The molecule has 2 nitrogen and oxygen atoms in total. The first-order chi connectivity index (χ1) is 11.0. The molecule has 23 heavy (non-hydrogen) atoms. The minimum atomic E-state index is -0.173. The molecule has 4 rings (SSSR count). The largest absolute Gasteiger partial charge is 0.396 e. The smallest absolute Gasteiger partial charge is 0.136 e. The highest BCUT2D eigenvalue weighted by atomic mass is 16.3. The minimum absolute atomic E-state index is 0.173. The molecule has 4 fully saturated rings. The van der Waals surface area contributed by atoms with Crippen LogP contribution in [0.5, 0.6) is 0 Å². The Hall–Kier alpha value is -0.370. The van der Waals surface area contributed by atoms with Crippen molar-refractivity contribution < 1.29 is 9.90 Å². The Morgan fingerprint density at radius 2 is 1.83 bits per heavy atom. The standard InChI is InChI=1S/C21H34O2/c1-14(23)21-12-10-18-17(19(21)9-7-16(21)13-22)8-6-15-5-3-4-11-20(15,18)2/h15-19,22H,3-13H2,1-2H3/t15-,16-,17-,18+,19+,20+,21+/m1/s1. The topological polar surface area (TPSA) is 37.3 Å². The summed E-state index contributed by atoms with van der Waals surface area (Å²) in [6.07, 6.45) is 13.0. The van der Waals surface area contributed by atoms with Crippen molar-refractivity contribution in [2.45, 2.75) is 78.1 Å². The molecule has 4 saturated carbocycles. The summed E-state index contributed by atoms with van der Waals surface area (Å²) in [7, 11) is 0. The normalized spacial score (nSPS) is 52.4. The van der Waals surface area contributed by atoms with E-state index in [0.717, 1.165) is 30.6 Å². The maximum atomic E-state index is 12.7. The van der Waals surface area contributed by atoms with E-state index in [1.54, 1.807) is 0 Å². The maximum Gasteiger partial charge on any atom is 0.136 e. The number of aliphatic hydroxyl groups excluding tert-OH is 1. The molecule has 0 heterocycles. The van der Waals surface area contributed by atoms with Crippen molar-refractivity contribution in [1.29, 1.82) is 0 Å². The summed E-state index contributed by atoms with van der Waals surface area (Å²) in [5.41, 5.74) is 0.370. The van der Waals surface area contributed by atoms with Gasteiger partial charge in [-0.2, -0.15) is 0 Å². The molecule has 4 aliphatic carbocycles. The number of rotatable bonds is 2. The molecule has 0 radical (unpaired) electrons. The van der Waals surface area contributed by atoms with Gasteiger partial charge in [0.1, 0.15) is 5.78 Å². The van der Waals surface area contributed by atoms with Gasteiger partial charge in [0, 0.05) is 12.0 Å². The van der Waals surface area contributed by atoms with Gasteiger partial charge in [0.25, 0.3) is 0 Å². The second kappa shape index (κ2) is 5.58. The van der Waals surface area contributed by atoms with E-state index >= 15 is 0 Å². The lowest BCUT2D eigenvalue weighted by Crippen LogP contribution is -2.55. The average molecular weight is 319 g/mol. The fourth-order valence-electron chi connectivity index (χ4n) is 8.06. The van der Waals surface area contributed by atoms with E-state index in [4.69, 9.17) is 0 Å². The number of aliphatic hydroxyl groups is 1. The van der Waals surface area contributed by atoms with Crippen LogP contribution in [0.2, 0.25) is 0 Å². The average Bonchev–Trinajstić information content (AvgIpc) is 2.94. The Kier molecular flexibility index (Phi) is 3.91. The highest BCUT2D eigenvalue weighted by Gasteiger charge is 2.62. The van der Waals surface area contributed by atoms with Gasteiger partial charge in [-0.1, -0.05) is 19.8 Å². The number of Topliss-reactive ketones (excluding diaryl/α,β-unsaturated/α-hetero) is 1. The van der Waals surface area contributed by atoms with Crippen LogP contribution < -0.4 is 0 Å². The summed E-state index contributed by atoms with van der Waals surface area (Å²) in [4.78, 5) is 12.7. The molecule has 7 atom stereocenters. The molecule has 0 unspecified atom stereocenters. The van der Waals surface area contributed by atoms with Crippen molar-refractivity contribution in [3.8, 4) is 0 Å². The van der Waals surface area contributed by atoms with Gasteiger partial charge in [-0.05, 0) is 93.3 Å². The third-order valence-electron chi connectivity index (χ3n) is 9.14. The molecular weight excluding hydrogens is 284 g/mol. The zero-order chi connectivity index (χ0) is 16.2. The minimum Gasteiger partial charge on any atom is -0.396 e. The monoisotopic (exact) mass is 318 g/mol. The van der Waals surface area contributed by atoms with E-state index in [9.17, 15) is 9.90 Å². The predicted molar refractivity (Wildman–Crippen MR) is 91.9 cm³/mol. The lowest BCUT2D eigenvalue weighted by Gasteiger charge is -2.60. The fourth-order valence-corrected chi connectivity index (χ4v) is 8.06. The van der Waals surface area contributed by atoms with E-state index in [1.165, 1.54) is 51.4 Å². The van der Waals surface area contributed by atoms with Gasteiger partial charge in [0.2, 0.25) is 0 Å². The molecule has 0 aromatic carbocycles. The van der Waals surface area contributed by atoms with Crippen molar-refractivity contribution in [3.63, 3.8) is 0 Å². The SMILES string of the molecule is CC(=O)[C@]12CC[C@H]3[C@@H](CC[C@H]4CCCC[C@@]43C)[C@@H]1CC[C@@H]2CO. The number of hydrogen-bond donors (Lipinski definition) is 1. The molecule has 0 spiro atoms. The summed E-state index contributed by atoms with van der Waals surface area (Å²) in [6.45, 7) is 4.62. The summed E-state index contributed by atoms with van der Waals surface area (Å²) in [5, 5.41) is 9.90. The molecule has 0 aromatic rings. The van der Waals surface area contributed by atoms with Crippen molar-refractivity contribution in [1.82, 2.24) is 0 Å². The maximum absolute atomic E-state index is 12.7. The van der Waals surface area contributed by atoms with Crippen LogP contribution in [0, 0.1) is 40.4 Å². The molecule has 0 aromatic heterocycles. The molecule has 0 bridgehead atoms. The first-order valence-electron chi connectivity index (χ1n) is 10.2. The molecule has 130 valence electrons. The highest BCUT2D eigenvalue weighted by Crippen LogP contribution is 2.67. The molecule has 0 saturated heterocycles. The van der Waals surface area contributed by atoms with Gasteiger partial charge < -0.3 is 5.11 Å². The van der Waals surface area contributed by atoms with Crippen molar-refractivity contribution in [2.24, 2.45) is 40.4 Å². The lowest BCUT2D eigenvalue weighted by molar-refractivity contribution is -0.151. The molecule has 1 N–H and O–H groups in total. The van der Waals surface area contributed by atoms with E-state index in [0.29, 0.717) is 17.1 Å². The van der Waals surface area contributed by atoms with E-state index in [1.807, 2.05) is 6.92 Å². The Bertz CT molecular complexity index is 486. The Balaban J connectivity index is 1.68. The van der Waals surface area contributed by atoms with Crippen LogP contribution in [0.25, 0.3) is 0 Å². The number of hydrogen-bond acceptors (Lipinski definition) is 2. The number of carbonyl (C=O) groups excluding carboxylic acids is 1. The second-order valence-electron chi connectivity index (χ2n) is 9.49. The van der Waals surface area contributed by atoms with Gasteiger partial charge in [0.05, 0.1) is 0 Å². The zero-order valence-electron chi connectivity index (χ0n) is 15.0. The Morgan fingerprint density at radius 3 is 2.57 bits per heavy atom. The van der Waals surface area contributed by atoms with Crippen LogP contribution in [0.1, 0.15) is 78.1 Å². The Labute approximate surface area is 141 Å². The van der Waals surface area contributed by atoms with Crippen molar-refractivity contribution >= 4 is 5.78 Å². The molecule has 0 aliphatic heterocycles. The first-order valence-corrected chi connectivity index (χ1v) is 10.2. The predicted octanol–water partition coefficient (Wildman–Crippen LogP) is 4.60. The van der Waals surface area contributed by atoms with Gasteiger partial charge in [-0.15, -0.1) is 0 Å². The van der Waals surface area contributed by atoms with Crippen LogP contribution in [0.3, 0.4) is 0 Å². The van der Waals surface area contributed by atoms with E-state index in [2.05, 4.69) is 6.92 Å². The number of carbonyl (C=O) groups is 1. The second-order valence-corrected chi connectivity index (χ2v) is 9.49. The van der Waals surface area contributed by atoms with Crippen molar-refractivity contribution in [3.05, 3.63) is 0 Å². The Morgan fingerprint density at radius 1 is 1.00 bits per heavy atom. The van der Waals surface area contributed by atoms with Crippen LogP contribution >= 0.6 is 0 Å². The summed E-state index contributed by atoms with van der Waals surface area (Å²) in [5.74, 6) is 3.73. The first kappa shape index (κ1) is 16.1. The van der Waals surface area contributed by atoms with Crippen LogP contribution in [-0.2, 0) is 4.79 Å². The van der Waals surface area contributed by atoms with Gasteiger partial charge in [0.15, 0.2) is 0 Å². The summed E-state index contributed by atoms with van der Waals surface area (Å²) in [6, 6.07) is 0. The van der Waals surface area contributed by atoms with Crippen LogP contribution in [0.4, 0.5) is 0 Å². The summed E-state index contributed by atoms with van der Waals surface area (Å²) < 4.78 is 0. The molecule has 2 heteroatoms. The van der Waals surface area contributed by atoms with E-state index < -0.39 is 0 Å². The van der Waals surface area contributed by atoms with Crippen molar-refractivity contribution in [2.75, 3.05) is 6.61 Å². The molecule has 0 amide bonds. The van der Waals surface area contributed by atoms with Gasteiger partial charge in [-0.3, -0.25) is 4.79 Å².